The number of nitrogens with two attached hydrogens (primary N) is 1. The third-order valence-corrected chi connectivity index (χ3v) is 3.69. The third kappa shape index (κ3) is 2.48. The highest BCUT2D eigenvalue weighted by Crippen LogP contribution is 2.34. The molecular weight excluding hydrogens is 252 g/mol. The maximum Gasteiger partial charge on any atom is 0.138 e. The van der Waals surface area contributed by atoms with Gasteiger partial charge in [0.1, 0.15) is 23.2 Å². The monoisotopic (exact) mass is 272 g/mol. The molecule has 0 amide bonds. The van der Waals surface area contributed by atoms with E-state index in [9.17, 15) is 0 Å². The Morgan fingerprint density at radius 1 is 1.40 bits per heavy atom. The normalized spacial score (nSPS) is 14.5. The van der Waals surface area contributed by atoms with E-state index in [0.717, 1.165) is 35.9 Å². The first kappa shape index (κ1) is 13.0. The van der Waals surface area contributed by atoms with Crippen molar-refractivity contribution in [3.05, 3.63) is 35.5 Å². The van der Waals surface area contributed by atoms with Crippen LogP contribution in [-0.4, -0.2) is 16.0 Å². The average molecular weight is 272 g/mol. The van der Waals surface area contributed by atoms with Crippen LogP contribution >= 0.6 is 0 Å². The zero-order chi connectivity index (χ0) is 14.1. The number of furan rings is 1. The number of hydrogen-bond donors (Lipinski definition) is 1. The lowest BCUT2D eigenvalue weighted by Crippen LogP contribution is -2.27. The first-order valence-electron chi connectivity index (χ1n) is 7.11. The van der Waals surface area contributed by atoms with Gasteiger partial charge in [0.25, 0.3) is 0 Å². The predicted molar refractivity (Wildman–Crippen MR) is 78.5 cm³/mol. The Kier molecular flexibility index (Phi) is 3.34. The molecule has 0 radical (unpaired) electrons. The Balaban J connectivity index is 1.96. The molecule has 5 nitrogen and oxygen atoms in total. The van der Waals surface area contributed by atoms with Crippen molar-refractivity contribution in [2.24, 2.45) is 0 Å². The van der Waals surface area contributed by atoms with Crippen LogP contribution in [0.4, 0.5) is 11.6 Å². The summed E-state index contributed by atoms with van der Waals surface area (Å²) in [5, 5.41) is 0. The second-order valence-electron chi connectivity index (χ2n) is 5.27. The van der Waals surface area contributed by atoms with Crippen LogP contribution in [0.2, 0.25) is 0 Å². The van der Waals surface area contributed by atoms with Crippen LogP contribution in [0.25, 0.3) is 0 Å². The molecule has 2 aromatic heterocycles. The highest BCUT2D eigenvalue weighted by Gasteiger charge is 2.32. The van der Waals surface area contributed by atoms with Crippen LogP contribution in [-0.2, 0) is 13.0 Å². The summed E-state index contributed by atoms with van der Waals surface area (Å²) in [6.45, 7) is 4.77. The Labute approximate surface area is 118 Å². The van der Waals surface area contributed by atoms with E-state index in [1.165, 1.54) is 12.8 Å². The third-order valence-electron chi connectivity index (χ3n) is 3.69. The first-order valence-corrected chi connectivity index (χ1v) is 7.11. The largest absolute Gasteiger partial charge is 0.467 e. The molecular formula is C15H20N4O. The van der Waals surface area contributed by atoms with E-state index in [0.29, 0.717) is 11.9 Å². The Bertz CT molecular complexity index is 590. The number of aryl methyl sites for hydroxylation is 1. The quantitative estimate of drug-likeness (QED) is 0.906. The highest BCUT2D eigenvalue weighted by molar-refractivity contribution is 5.57. The summed E-state index contributed by atoms with van der Waals surface area (Å²) in [4.78, 5) is 11.3. The molecule has 2 N–H and O–H groups in total. The molecule has 1 fully saturated rings. The van der Waals surface area contributed by atoms with Crippen molar-refractivity contribution >= 4 is 11.6 Å². The molecule has 0 bridgehead atoms. The van der Waals surface area contributed by atoms with Crippen molar-refractivity contribution in [3.8, 4) is 0 Å². The van der Waals surface area contributed by atoms with Gasteiger partial charge in [-0.3, -0.25) is 0 Å². The molecule has 5 heteroatoms. The molecule has 0 atom stereocenters. The maximum atomic E-state index is 6.03. The lowest BCUT2D eigenvalue weighted by atomic mass is 10.2. The van der Waals surface area contributed by atoms with Gasteiger partial charge >= 0.3 is 0 Å². The van der Waals surface area contributed by atoms with Gasteiger partial charge in [-0.2, -0.15) is 0 Å². The predicted octanol–water partition coefficient (Wildman–Crippen LogP) is 2.69. The molecule has 2 aromatic rings. The summed E-state index contributed by atoms with van der Waals surface area (Å²) in [6.07, 6.45) is 4.90. The van der Waals surface area contributed by atoms with E-state index in [1.807, 2.05) is 26.0 Å². The van der Waals surface area contributed by atoms with Crippen molar-refractivity contribution in [3.63, 3.8) is 0 Å². The standard InChI is InChI=1S/C15H20N4O/c1-3-13-17-14(16)10(2)15(18-13)19(11-6-7-11)9-12-5-4-8-20-12/h4-5,8,11H,3,6-7,9H2,1-2H3,(H2,16,17,18). The van der Waals surface area contributed by atoms with Crippen LogP contribution in [0, 0.1) is 6.92 Å². The van der Waals surface area contributed by atoms with Gasteiger partial charge in [0, 0.05) is 18.0 Å². The van der Waals surface area contributed by atoms with Crippen LogP contribution < -0.4 is 10.6 Å². The number of hydrogen-bond acceptors (Lipinski definition) is 5. The van der Waals surface area contributed by atoms with E-state index >= 15 is 0 Å². The smallest absolute Gasteiger partial charge is 0.138 e. The van der Waals surface area contributed by atoms with Gasteiger partial charge < -0.3 is 15.1 Å². The van der Waals surface area contributed by atoms with Crippen LogP contribution in [0.15, 0.2) is 22.8 Å². The van der Waals surface area contributed by atoms with Gasteiger partial charge in [-0.05, 0) is 31.9 Å². The fourth-order valence-electron chi connectivity index (χ4n) is 2.34. The van der Waals surface area contributed by atoms with Gasteiger partial charge in [-0.15, -0.1) is 0 Å². The minimum absolute atomic E-state index is 0.540. The second-order valence-corrected chi connectivity index (χ2v) is 5.27. The Hall–Kier alpha value is -2.04. The average Bonchev–Trinajstić information content (AvgIpc) is 3.16. The van der Waals surface area contributed by atoms with Gasteiger partial charge in [-0.25, -0.2) is 9.97 Å². The minimum Gasteiger partial charge on any atom is -0.467 e. The van der Waals surface area contributed by atoms with E-state index in [-0.39, 0.29) is 0 Å². The summed E-state index contributed by atoms with van der Waals surface area (Å²) in [7, 11) is 0. The van der Waals surface area contributed by atoms with E-state index in [2.05, 4.69) is 14.9 Å². The van der Waals surface area contributed by atoms with E-state index < -0.39 is 0 Å². The van der Waals surface area contributed by atoms with Gasteiger partial charge in [0.15, 0.2) is 0 Å². The van der Waals surface area contributed by atoms with Crippen LogP contribution in [0.5, 0.6) is 0 Å². The number of nitrogens with zero attached hydrogens (tertiary/aromatic N) is 3. The summed E-state index contributed by atoms with van der Waals surface area (Å²) < 4.78 is 5.47. The maximum absolute atomic E-state index is 6.03. The molecule has 3 rings (SSSR count). The number of nitrogen functional groups attached to an aromatic ring is 1. The van der Waals surface area contributed by atoms with Crippen molar-refractivity contribution in [2.75, 3.05) is 10.6 Å². The van der Waals surface area contributed by atoms with Crippen LogP contribution in [0.1, 0.15) is 36.9 Å². The van der Waals surface area contributed by atoms with Gasteiger partial charge in [0.2, 0.25) is 0 Å². The molecule has 0 spiro atoms. The van der Waals surface area contributed by atoms with Crippen molar-refractivity contribution in [2.45, 2.75) is 45.7 Å². The minimum atomic E-state index is 0.540. The lowest BCUT2D eigenvalue weighted by Gasteiger charge is -2.25. The molecule has 0 saturated heterocycles. The molecule has 0 aliphatic heterocycles. The molecule has 2 heterocycles. The Morgan fingerprint density at radius 3 is 2.80 bits per heavy atom. The number of aromatic nitrogens is 2. The SMILES string of the molecule is CCc1nc(N)c(C)c(N(Cc2ccco2)C2CC2)n1. The van der Waals surface area contributed by atoms with E-state index in [1.54, 1.807) is 6.26 Å². The summed E-state index contributed by atoms with van der Waals surface area (Å²) in [5.74, 6) is 3.28. The fraction of sp³-hybridized carbons (Fsp3) is 0.467. The van der Waals surface area contributed by atoms with Gasteiger partial charge in [-0.1, -0.05) is 6.92 Å². The van der Waals surface area contributed by atoms with Crippen molar-refractivity contribution < 1.29 is 4.42 Å². The molecule has 106 valence electrons. The lowest BCUT2D eigenvalue weighted by molar-refractivity contribution is 0.499. The summed E-state index contributed by atoms with van der Waals surface area (Å²) in [5.41, 5.74) is 6.99. The van der Waals surface area contributed by atoms with Crippen LogP contribution in [0.3, 0.4) is 0 Å². The zero-order valence-electron chi connectivity index (χ0n) is 12.0. The molecule has 0 unspecified atom stereocenters. The molecule has 0 aromatic carbocycles. The molecule has 1 aliphatic rings. The summed E-state index contributed by atoms with van der Waals surface area (Å²) >= 11 is 0. The zero-order valence-corrected chi connectivity index (χ0v) is 12.0. The fourth-order valence-corrected chi connectivity index (χ4v) is 2.34. The van der Waals surface area contributed by atoms with E-state index in [4.69, 9.17) is 10.2 Å². The van der Waals surface area contributed by atoms with Crippen molar-refractivity contribution in [1.82, 2.24) is 9.97 Å². The second kappa shape index (κ2) is 5.15. The molecule has 1 saturated carbocycles. The number of anilines is 2. The number of rotatable bonds is 5. The first-order chi connectivity index (χ1) is 9.69. The molecule has 20 heavy (non-hydrogen) atoms. The Morgan fingerprint density at radius 2 is 2.20 bits per heavy atom. The topological polar surface area (TPSA) is 68.2 Å². The molecule has 1 aliphatic carbocycles. The summed E-state index contributed by atoms with van der Waals surface area (Å²) in [6, 6.07) is 4.45. The van der Waals surface area contributed by atoms with Crippen molar-refractivity contribution in [1.29, 1.82) is 0 Å². The van der Waals surface area contributed by atoms with Gasteiger partial charge in [0.05, 0.1) is 12.8 Å². The highest BCUT2D eigenvalue weighted by atomic mass is 16.3.